The number of fused-ring (bicyclic) bond motifs is 4. The zero-order valence-corrected chi connectivity index (χ0v) is 26.4. The van der Waals surface area contributed by atoms with Crippen LogP contribution in [-0.4, -0.2) is 37.1 Å². The Morgan fingerprint density at radius 3 is 1.60 bits per heavy atom. The van der Waals surface area contributed by atoms with E-state index in [1.165, 1.54) is 10.8 Å². The summed E-state index contributed by atoms with van der Waals surface area (Å²) in [6.07, 6.45) is 0. The minimum atomic E-state index is -1.38. The molecular weight excluding hydrogens is 650 g/mol. The minimum Gasteiger partial charge on any atom is -0.423 e. The number of aromatic nitrogens is 4. The van der Waals surface area contributed by atoms with Gasteiger partial charge in [0.15, 0.2) is 0 Å². The molecule has 0 aliphatic carbocycles. The molecule has 0 saturated heterocycles. The van der Waals surface area contributed by atoms with Crippen molar-refractivity contribution in [2.75, 3.05) is 0 Å². The van der Waals surface area contributed by atoms with Crippen LogP contribution < -0.4 is 5.46 Å². The molecule has 0 unspecified atom stereocenters. The van der Waals surface area contributed by atoms with Crippen molar-refractivity contribution in [1.82, 2.24) is 19.9 Å². The van der Waals surface area contributed by atoms with Gasteiger partial charge >= 0.3 is 7.12 Å². The molecule has 0 aliphatic heterocycles. The molecule has 0 bridgehead atoms. The van der Waals surface area contributed by atoms with E-state index >= 15 is 0 Å². The first-order valence-electron chi connectivity index (χ1n) is 14.2. The van der Waals surface area contributed by atoms with E-state index in [1.54, 1.807) is 12.1 Å². The largest absolute Gasteiger partial charge is 0.488 e. The van der Waals surface area contributed by atoms with Crippen molar-refractivity contribution in [2.45, 2.75) is 7.43 Å². The second-order valence-electron chi connectivity index (χ2n) is 10.2. The highest BCUT2D eigenvalue weighted by molar-refractivity contribution is 6.58. The van der Waals surface area contributed by atoms with Gasteiger partial charge in [-0.2, -0.15) is 0 Å². The fraction of sp³-hybridized carbons (Fsp3) is 0.0270. The monoisotopic (exact) mass is 676 g/mol. The summed E-state index contributed by atoms with van der Waals surface area (Å²) in [6, 6.07) is 43.2. The van der Waals surface area contributed by atoms with Gasteiger partial charge in [-0.1, -0.05) is 128 Å². The van der Waals surface area contributed by atoms with Crippen LogP contribution in [0.15, 0.2) is 133 Å². The third kappa shape index (κ3) is 8.03. The topological polar surface area (TPSA) is 92.0 Å². The molecule has 10 heteroatoms. The predicted molar refractivity (Wildman–Crippen MR) is 198 cm³/mol. The van der Waals surface area contributed by atoms with Gasteiger partial charge in [-0.25, -0.2) is 19.9 Å². The SMILES string of the molecule is C.Clc1nc(-c2ccc3ccccc3c2)c2ccccc2n1.Clc1nc(Cl)c2ccccc2n1.OB(O)c1ccc2ccccc2c1. The normalized spacial score (nSPS) is 10.5. The molecule has 0 saturated carbocycles. The van der Waals surface area contributed by atoms with E-state index in [2.05, 4.69) is 50.3 Å². The number of para-hydroxylation sites is 2. The summed E-state index contributed by atoms with van der Waals surface area (Å²) in [4.78, 5) is 16.5. The van der Waals surface area contributed by atoms with Gasteiger partial charge in [0, 0.05) is 16.3 Å². The number of hydrogen-bond donors (Lipinski definition) is 2. The van der Waals surface area contributed by atoms with Crippen LogP contribution in [0.25, 0.3) is 54.6 Å². The van der Waals surface area contributed by atoms with Gasteiger partial charge in [0.1, 0.15) is 5.15 Å². The van der Waals surface area contributed by atoms with Gasteiger partial charge in [0.2, 0.25) is 10.6 Å². The number of rotatable bonds is 2. The first kappa shape index (κ1) is 33.7. The van der Waals surface area contributed by atoms with Crippen molar-refractivity contribution in [3.63, 3.8) is 0 Å². The zero-order valence-electron chi connectivity index (χ0n) is 24.1. The molecule has 0 spiro atoms. The highest BCUT2D eigenvalue weighted by Gasteiger charge is 2.11. The quantitative estimate of drug-likeness (QED) is 0.108. The predicted octanol–water partition coefficient (Wildman–Crippen LogP) is 9.20. The standard InChI is InChI=1S/C18H11ClN2.C10H9BO2.C8H4Cl2N2.CH4/c19-18-20-16-8-4-3-7-15(16)17(21-18)14-10-9-12-5-1-2-6-13(12)11-14;12-11(13)10-6-5-8-3-1-2-4-9(8)7-10;9-7-5-3-1-2-4-6(5)11-8(10)12-7;/h1-11H;1-7,12-13H;1-4H;1H4. The molecule has 2 aromatic heterocycles. The average molecular weight is 678 g/mol. The first-order valence-corrected chi connectivity index (χ1v) is 15.3. The third-order valence-electron chi connectivity index (χ3n) is 7.20. The summed E-state index contributed by atoms with van der Waals surface area (Å²) >= 11 is 17.5. The molecule has 0 atom stereocenters. The van der Waals surface area contributed by atoms with Crippen molar-refractivity contribution < 1.29 is 10.0 Å². The lowest BCUT2D eigenvalue weighted by Crippen LogP contribution is -2.29. The van der Waals surface area contributed by atoms with Crippen LogP contribution in [0.3, 0.4) is 0 Å². The molecule has 6 aromatic carbocycles. The first-order chi connectivity index (χ1) is 22.4. The Balaban J connectivity index is 0.000000145. The Hall–Kier alpha value is -4.63. The molecule has 2 N–H and O–H groups in total. The maximum atomic E-state index is 8.94. The Morgan fingerprint density at radius 2 is 0.957 bits per heavy atom. The molecule has 232 valence electrons. The van der Waals surface area contributed by atoms with Crippen molar-refractivity contribution in [3.05, 3.63) is 149 Å². The van der Waals surface area contributed by atoms with Crippen LogP contribution in [-0.2, 0) is 0 Å². The molecule has 0 radical (unpaired) electrons. The maximum absolute atomic E-state index is 8.94. The second-order valence-corrected chi connectivity index (χ2v) is 11.2. The fourth-order valence-electron chi connectivity index (χ4n) is 4.98. The summed E-state index contributed by atoms with van der Waals surface area (Å²) in [5.41, 5.74) is 4.08. The number of nitrogens with zero attached hydrogens (tertiary/aromatic N) is 4. The third-order valence-corrected chi connectivity index (χ3v) is 7.83. The second kappa shape index (κ2) is 15.3. The van der Waals surface area contributed by atoms with Gasteiger partial charge < -0.3 is 10.0 Å². The van der Waals surface area contributed by atoms with Crippen LogP contribution in [0.4, 0.5) is 0 Å². The smallest absolute Gasteiger partial charge is 0.423 e. The van der Waals surface area contributed by atoms with Crippen LogP contribution >= 0.6 is 34.8 Å². The van der Waals surface area contributed by atoms with Crippen LogP contribution in [0.1, 0.15) is 7.43 Å². The van der Waals surface area contributed by atoms with Gasteiger partial charge in [0.25, 0.3) is 0 Å². The van der Waals surface area contributed by atoms with E-state index in [-0.39, 0.29) is 18.0 Å². The van der Waals surface area contributed by atoms with Crippen LogP contribution in [0.2, 0.25) is 15.7 Å². The molecule has 8 rings (SSSR count). The molecule has 47 heavy (non-hydrogen) atoms. The Bertz CT molecular complexity index is 2320. The van der Waals surface area contributed by atoms with E-state index < -0.39 is 7.12 Å². The molecule has 8 aromatic rings. The molecular formula is C37H28BCl3N4O2. The Kier molecular flexibility index (Phi) is 11.0. The van der Waals surface area contributed by atoms with Crippen LogP contribution in [0, 0.1) is 0 Å². The Morgan fingerprint density at radius 1 is 0.468 bits per heavy atom. The van der Waals surface area contributed by atoms with Crippen molar-refractivity contribution in [2.24, 2.45) is 0 Å². The molecule has 2 heterocycles. The van der Waals surface area contributed by atoms with Crippen LogP contribution in [0.5, 0.6) is 0 Å². The van der Waals surface area contributed by atoms with Gasteiger partial charge in [0.05, 0.1) is 16.7 Å². The molecule has 0 fully saturated rings. The molecule has 0 aliphatic rings. The number of hydrogen-bond acceptors (Lipinski definition) is 6. The van der Waals surface area contributed by atoms with Crippen molar-refractivity contribution in [3.8, 4) is 11.3 Å². The summed E-state index contributed by atoms with van der Waals surface area (Å²) in [7, 11) is -1.38. The fourth-order valence-corrected chi connectivity index (χ4v) is 5.62. The van der Waals surface area contributed by atoms with Gasteiger partial charge in [-0.05, 0) is 74.5 Å². The lowest BCUT2D eigenvalue weighted by atomic mass is 9.79. The highest BCUT2D eigenvalue weighted by Crippen LogP contribution is 2.29. The van der Waals surface area contributed by atoms with Crippen molar-refractivity contribution in [1.29, 1.82) is 0 Å². The van der Waals surface area contributed by atoms with Crippen molar-refractivity contribution >= 4 is 90.7 Å². The summed E-state index contributed by atoms with van der Waals surface area (Å²) in [6.45, 7) is 0. The number of benzene rings is 6. The highest BCUT2D eigenvalue weighted by atomic mass is 35.5. The molecule has 6 nitrogen and oxygen atoms in total. The average Bonchev–Trinajstić information content (AvgIpc) is 3.08. The zero-order chi connectivity index (χ0) is 32.0. The lowest BCUT2D eigenvalue weighted by molar-refractivity contribution is 0.426. The van der Waals surface area contributed by atoms with Gasteiger partial charge in [-0.3, -0.25) is 0 Å². The maximum Gasteiger partial charge on any atom is 0.488 e. The van der Waals surface area contributed by atoms with E-state index in [4.69, 9.17) is 44.9 Å². The minimum absolute atomic E-state index is 0. The lowest BCUT2D eigenvalue weighted by Gasteiger charge is -2.07. The van der Waals surface area contributed by atoms with E-state index in [9.17, 15) is 0 Å². The summed E-state index contributed by atoms with van der Waals surface area (Å²) in [5.74, 6) is 0. The summed E-state index contributed by atoms with van der Waals surface area (Å²) < 4.78 is 0. The van der Waals surface area contributed by atoms with Gasteiger partial charge in [-0.15, -0.1) is 0 Å². The molecule has 0 amide bonds. The number of halogens is 3. The van der Waals surface area contributed by atoms with E-state index in [0.717, 1.165) is 43.8 Å². The summed E-state index contributed by atoms with van der Waals surface area (Å²) in [5, 5.41) is 25.1. The van der Waals surface area contributed by atoms with E-state index in [1.807, 2.05) is 91.0 Å². The van der Waals surface area contributed by atoms with E-state index in [0.29, 0.717) is 10.6 Å². The Labute approximate surface area is 287 Å².